The summed E-state index contributed by atoms with van der Waals surface area (Å²) in [5.74, 6) is -0.830. The first-order chi connectivity index (χ1) is 9.12. The zero-order chi connectivity index (χ0) is 13.7. The van der Waals surface area contributed by atoms with E-state index < -0.39 is 11.4 Å². The van der Waals surface area contributed by atoms with E-state index in [1.54, 1.807) is 0 Å². The van der Waals surface area contributed by atoms with Crippen molar-refractivity contribution in [1.29, 1.82) is 0 Å². The van der Waals surface area contributed by atoms with Crippen molar-refractivity contribution in [1.82, 2.24) is 10.6 Å². The van der Waals surface area contributed by atoms with Gasteiger partial charge in [0, 0.05) is 13.1 Å². The quantitative estimate of drug-likeness (QED) is 0.652. The summed E-state index contributed by atoms with van der Waals surface area (Å²) in [4.78, 5) is 22.7. The summed E-state index contributed by atoms with van der Waals surface area (Å²) in [5.41, 5.74) is -0.762. The molecule has 1 saturated heterocycles. The van der Waals surface area contributed by atoms with Gasteiger partial charge in [-0.1, -0.05) is 6.42 Å². The lowest BCUT2D eigenvalue weighted by Gasteiger charge is -2.37. The Balaban J connectivity index is 1.65. The molecule has 0 aromatic heterocycles. The number of carbonyl (C=O) groups excluding carboxylic acids is 1. The molecule has 1 unspecified atom stereocenters. The molecule has 2 amide bonds. The van der Waals surface area contributed by atoms with Gasteiger partial charge in [0.1, 0.15) is 0 Å². The number of urea groups is 1. The number of ether oxygens (including phenoxy) is 2. The molecule has 1 aliphatic heterocycles. The monoisotopic (exact) mass is 272 g/mol. The molecule has 0 aromatic carbocycles. The largest absolute Gasteiger partial charge is 0.481 e. The molecule has 2 fully saturated rings. The SMILES string of the molecule is O=C(NCC1COCCO1)NCC1(C(=O)O)CCC1. The Kier molecular flexibility index (Phi) is 4.60. The fraction of sp³-hybridized carbons (Fsp3) is 0.833. The lowest BCUT2D eigenvalue weighted by molar-refractivity contribution is -0.153. The van der Waals surface area contributed by atoms with Gasteiger partial charge in [-0.25, -0.2) is 4.79 Å². The highest BCUT2D eigenvalue weighted by molar-refractivity contribution is 5.78. The summed E-state index contributed by atoms with van der Waals surface area (Å²) in [5, 5.41) is 14.4. The lowest BCUT2D eigenvalue weighted by atomic mass is 9.69. The van der Waals surface area contributed by atoms with E-state index in [2.05, 4.69) is 10.6 Å². The minimum absolute atomic E-state index is 0.128. The van der Waals surface area contributed by atoms with Crippen LogP contribution in [0, 0.1) is 5.41 Å². The number of carboxylic acids is 1. The second-order valence-electron chi connectivity index (χ2n) is 5.07. The third-order valence-electron chi connectivity index (χ3n) is 3.73. The predicted octanol–water partition coefficient (Wildman–Crippen LogP) is -0.0441. The summed E-state index contributed by atoms with van der Waals surface area (Å²) in [6.45, 7) is 2.14. The van der Waals surface area contributed by atoms with Crippen molar-refractivity contribution >= 4 is 12.0 Å². The van der Waals surface area contributed by atoms with Gasteiger partial charge >= 0.3 is 12.0 Å². The van der Waals surface area contributed by atoms with Crippen LogP contribution in [0.1, 0.15) is 19.3 Å². The zero-order valence-corrected chi connectivity index (χ0v) is 10.8. The summed E-state index contributed by atoms with van der Waals surface area (Å²) < 4.78 is 10.6. The van der Waals surface area contributed by atoms with Crippen LogP contribution in [0.2, 0.25) is 0 Å². The van der Waals surface area contributed by atoms with E-state index in [0.717, 1.165) is 6.42 Å². The molecule has 3 N–H and O–H groups in total. The Labute approximate surface area is 111 Å². The highest BCUT2D eigenvalue weighted by Crippen LogP contribution is 2.40. The molecular formula is C12H20N2O5. The van der Waals surface area contributed by atoms with E-state index in [1.807, 2.05) is 0 Å². The first-order valence-electron chi connectivity index (χ1n) is 6.57. The summed E-state index contributed by atoms with van der Waals surface area (Å²) >= 11 is 0. The number of nitrogens with one attached hydrogen (secondary N) is 2. The molecule has 7 heteroatoms. The van der Waals surface area contributed by atoms with Crippen molar-refractivity contribution in [2.75, 3.05) is 32.9 Å². The molecule has 1 saturated carbocycles. The van der Waals surface area contributed by atoms with Gasteiger partial charge < -0.3 is 25.2 Å². The maximum Gasteiger partial charge on any atom is 0.314 e. The molecule has 1 heterocycles. The number of carboxylic acid groups (broad SMARTS) is 1. The summed E-state index contributed by atoms with van der Waals surface area (Å²) in [6, 6.07) is -0.360. The van der Waals surface area contributed by atoms with Gasteiger partial charge in [-0.3, -0.25) is 4.79 Å². The standard InChI is InChI=1S/C12H20N2O5/c15-10(16)12(2-1-3-12)8-14-11(17)13-6-9-7-18-4-5-19-9/h9H,1-8H2,(H,15,16)(H2,13,14,17). The van der Waals surface area contributed by atoms with Crippen molar-refractivity contribution in [3.63, 3.8) is 0 Å². The molecule has 1 aliphatic carbocycles. The second kappa shape index (κ2) is 6.21. The van der Waals surface area contributed by atoms with E-state index in [-0.39, 0.29) is 18.7 Å². The minimum atomic E-state index is -0.830. The molecule has 0 aromatic rings. The molecule has 19 heavy (non-hydrogen) atoms. The van der Waals surface area contributed by atoms with Crippen LogP contribution >= 0.6 is 0 Å². The number of carbonyl (C=O) groups is 2. The van der Waals surface area contributed by atoms with Crippen molar-refractivity contribution in [2.24, 2.45) is 5.41 Å². The lowest BCUT2D eigenvalue weighted by Crippen LogP contribution is -2.51. The molecule has 1 atom stereocenters. The van der Waals surface area contributed by atoms with Gasteiger partial charge in [0.15, 0.2) is 0 Å². The maximum atomic E-state index is 11.6. The molecule has 0 radical (unpaired) electrons. The topological polar surface area (TPSA) is 96.9 Å². The van der Waals surface area contributed by atoms with Gasteiger partial charge in [-0.15, -0.1) is 0 Å². The van der Waals surface area contributed by atoms with Crippen LogP contribution in [0.25, 0.3) is 0 Å². The third kappa shape index (κ3) is 3.57. The Morgan fingerprint density at radius 3 is 2.58 bits per heavy atom. The Bertz CT molecular complexity index is 337. The maximum absolute atomic E-state index is 11.6. The van der Waals surface area contributed by atoms with Gasteiger partial charge in [0.25, 0.3) is 0 Å². The average Bonchev–Trinajstić information content (AvgIpc) is 2.36. The predicted molar refractivity (Wildman–Crippen MR) is 65.9 cm³/mol. The number of hydrogen-bond acceptors (Lipinski definition) is 4. The number of aliphatic carboxylic acids is 1. The van der Waals surface area contributed by atoms with E-state index in [0.29, 0.717) is 39.2 Å². The third-order valence-corrected chi connectivity index (χ3v) is 3.73. The normalized spacial score (nSPS) is 25.2. The molecule has 0 bridgehead atoms. The Hall–Kier alpha value is -1.34. The first-order valence-corrected chi connectivity index (χ1v) is 6.57. The van der Waals surface area contributed by atoms with Crippen molar-refractivity contribution in [3.05, 3.63) is 0 Å². The molecule has 7 nitrogen and oxygen atoms in total. The zero-order valence-electron chi connectivity index (χ0n) is 10.8. The Morgan fingerprint density at radius 1 is 1.26 bits per heavy atom. The summed E-state index contributed by atoms with van der Waals surface area (Å²) in [6.07, 6.45) is 2.03. The van der Waals surface area contributed by atoms with E-state index in [1.165, 1.54) is 0 Å². The van der Waals surface area contributed by atoms with Crippen LogP contribution in [-0.2, 0) is 14.3 Å². The van der Waals surface area contributed by atoms with Gasteiger partial charge in [-0.2, -0.15) is 0 Å². The molecule has 2 aliphatic rings. The number of hydrogen-bond donors (Lipinski definition) is 3. The number of amides is 2. The van der Waals surface area contributed by atoms with Crippen LogP contribution in [0.15, 0.2) is 0 Å². The van der Waals surface area contributed by atoms with Gasteiger partial charge in [0.05, 0.1) is 31.3 Å². The highest BCUT2D eigenvalue weighted by Gasteiger charge is 2.44. The van der Waals surface area contributed by atoms with Crippen molar-refractivity contribution < 1.29 is 24.2 Å². The van der Waals surface area contributed by atoms with Crippen molar-refractivity contribution in [2.45, 2.75) is 25.4 Å². The Morgan fingerprint density at radius 2 is 2.05 bits per heavy atom. The van der Waals surface area contributed by atoms with Crippen LogP contribution in [-0.4, -0.2) is 56.1 Å². The molecular weight excluding hydrogens is 252 g/mol. The van der Waals surface area contributed by atoms with E-state index in [9.17, 15) is 9.59 Å². The molecule has 108 valence electrons. The van der Waals surface area contributed by atoms with E-state index in [4.69, 9.17) is 14.6 Å². The van der Waals surface area contributed by atoms with Gasteiger partial charge in [0.2, 0.25) is 0 Å². The molecule has 2 rings (SSSR count). The first kappa shape index (κ1) is 14.1. The highest BCUT2D eigenvalue weighted by atomic mass is 16.6. The van der Waals surface area contributed by atoms with Gasteiger partial charge in [-0.05, 0) is 12.8 Å². The minimum Gasteiger partial charge on any atom is -0.481 e. The van der Waals surface area contributed by atoms with Crippen LogP contribution in [0.5, 0.6) is 0 Å². The molecule has 0 spiro atoms. The fourth-order valence-corrected chi connectivity index (χ4v) is 2.24. The fourth-order valence-electron chi connectivity index (χ4n) is 2.24. The smallest absolute Gasteiger partial charge is 0.314 e. The van der Waals surface area contributed by atoms with E-state index >= 15 is 0 Å². The number of rotatable bonds is 5. The van der Waals surface area contributed by atoms with Crippen molar-refractivity contribution in [3.8, 4) is 0 Å². The van der Waals surface area contributed by atoms with Crippen LogP contribution < -0.4 is 10.6 Å². The average molecular weight is 272 g/mol. The summed E-state index contributed by atoms with van der Waals surface area (Å²) in [7, 11) is 0. The van der Waals surface area contributed by atoms with Crippen LogP contribution in [0.4, 0.5) is 4.79 Å². The second-order valence-corrected chi connectivity index (χ2v) is 5.07. The van der Waals surface area contributed by atoms with Crippen LogP contribution in [0.3, 0.4) is 0 Å².